The molecule has 0 amide bonds. The molecule has 3 rings (SSSR count). The predicted molar refractivity (Wildman–Crippen MR) is 83.5 cm³/mol. The van der Waals surface area contributed by atoms with E-state index in [1.54, 1.807) is 12.1 Å². The zero-order chi connectivity index (χ0) is 14.8. The summed E-state index contributed by atoms with van der Waals surface area (Å²) in [5, 5.41) is 10.6. The number of rotatable bonds is 3. The number of benzene rings is 1. The van der Waals surface area contributed by atoms with Crippen LogP contribution in [0.5, 0.6) is 11.5 Å². The van der Waals surface area contributed by atoms with Crippen molar-refractivity contribution in [3.05, 3.63) is 34.6 Å². The zero-order valence-electron chi connectivity index (χ0n) is 11.7. The van der Waals surface area contributed by atoms with E-state index in [9.17, 15) is 9.90 Å². The van der Waals surface area contributed by atoms with Gasteiger partial charge in [-0.05, 0) is 36.6 Å². The summed E-state index contributed by atoms with van der Waals surface area (Å²) in [4.78, 5) is 18.9. The van der Waals surface area contributed by atoms with Crippen molar-refractivity contribution < 1.29 is 9.84 Å². The molecule has 1 aliphatic rings. The highest BCUT2D eigenvalue weighted by atomic mass is 32.1. The van der Waals surface area contributed by atoms with Gasteiger partial charge >= 0.3 is 0 Å². The Kier molecular flexibility index (Phi) is 3.79. The number of methoxy groups -OCH3 is 1. The number of phenols is 1. The van der Waals surface area contributed by atoms with Gasteiger partial charge in [-0.15, -0.1) is 0 Å². The van der Waals surface area contributed by atoms with Crippen molar-refractivity contribution in [2.75, 3.05) is 25.1 Å². The van der Waals surface area contributed by atoms with Crippen LogP contribution in [0.1, 0.15) is 12.8 Å². The van der Waals surface area contributed by atoms with E-state index in [-0.39, 0.29) is 11.3 Å². The Labute approximate surface area is 126 Å². The molecule has 1 N–H and O–H groups in total. The first kappa shape index (κ1) is 13.9. The topological polar surface area (TPSA) is 62.7 Å². The van der Waals surface area contributed by atoms with Crippen molar-refractivity contribution in [3.8, 4) is 21.9 Å². The Morgan fingerprint density at radius 2 is 2.05 bits per heavy atom. The largest absolute Gasteiger partial charge is 0.504 e. The average Bonchev–Trinajstić information content (AvgIpc) is 3.01. The zero-order valence-corrected chi connectivity index (χ0v) is 12.5. The van der Waals surface area contributed by atoms with Crippen molar-refractivity contribution in [3.63, 3.8) is 0 Å². The van der Waals surface area contributed by atoms with Crippen LogP contribution in [0.4, 0.5) is 5.13 Å². The number of hydrogen-bond acceptors (Lipinski definition) is 6. The molecule has 1 fully saturated rings. The van der Waals surface area contributed by atoms with Crippen LogP contribution < -0.4 is 15.2 Å². The number of aromatic hydroxyl groups is 1. The van der Waals surface area contributed by atoms with Crippen LogP contribution in [0, 0.1) is 0 Å². The van der Waals surface area contributed by atoms with Gasteiger partial charge in [0.1, 0.15) is 0 Å². The van der Waals surface area contributed by atoms with Crippen LogP contribution in [-0.4, -0.2) is 30.3 Å². The fourth-order valence-electron chi connectivity index (χ4n) is 2.42. The Morgan fingerprint density at radius 3 is 2.71 bits per heavy atom. The number of anilines is 1. The monoisotopic (exact) mass is 304 g/mol. The van der Waals surface area contributed by atoms with E-state index < -0.39 is 0 Å². The molecule has 1 aromatic carbocycles. The lowest BCUT2D eigenvalue weighted by Gasteiger charge is -2.15. The maximum absolute atomic E-state index is 11.8. The summed E-state index contributed by atoms with van der Waals surface area (Å²) in [7, 11) is 1.50. The lowest BCUT2D eigenvalue weighted by atomic mass is 10.1. The Balaban J connectivity index is 2.01. The molecule has 0 aliphatic carbocycles. The van der Waals surface area contributed by atoms with Crippen LogP contribution in [0.25, 0.3) is 10.4 Å². The van der Waals surface area contributed by atoms with E-state index >= 15 is 0 Å². The first-order chi connectivity index (χ1) is 10.2. The second kappa shape index (κ2) is 5.73. The van der Waals surface area contributed by atoms with Gasteiger partial charge in [0.05, 0.1) is 7.11 Å². The van der Waals surface area contributed by atoms with Crippen molar-refractivity contribution in [2.24, 2.45) is 0 Å². The molecule has 0 bridgehead atoms. The number of aromatic nitrogens is 1. The summed E-state index contributed by atoms with van der Waals surface area (Å²) >= 11 is 1.47. The third-order valence-corrected chi connectivity index (χ3v) is 4.61. The number of phenolic OH excluding ortho intramolecular Hbond substituents is 1. The molecule has 5 nitrogen and oxygen atoms in total. The average molecular weight is 304 g/mol. The number of hydrogen-bond donors (Lipinski definition) is 1. The fourth-order valence-corrected chi connectivity index (χ4v) is 3.47. The van der Waals surface area contributed by atoms with Crippen molar-refractivity contribution >= 4 is 16.5 Å². The maximum Gasteiger partial charge on any atom is 0.273 e. The first-order valence-electron chi connectivity index (χ1n) is 6.82. The number of ether oxygens (including phenoxy) is 1. The van der Waals surface area contributed by atoms with E-state index in [0.29, 0.717) is 5.75 Å². The van der Waals surface area contributed by atoms with Gasteiger partial charge in [0, 0.05) is 24.0 Å². The molecule has 110 valence electrons. The Morgan fingerprint density at radius 1 is 1.29 bits per heavy atom. The van der Waals surface area contributed by atoms with Crippen molar-refractivity contribution in [1.82, 2.24) is 4.98 Å². The highest BCUT2D eigenvalue weighted by Gasteiger charge is 2.16. The highest BCUT2D eigenvalue weighted by molar-refractivity contribution is 7.18. The van der Waals surface area contributed by atoms with Crippen LogP contribution in [0.3, 0.4) is 0 Å². The number of nitrogens with zero attached hydrogens (tertiary/aromatic N) is 2. The summed E-state index contributed by atoms with van der Waals surface area (Å²) in [5.74, 6) is 0.481. The molecule has 1 aliphatic heterocycles. The lowest BCUT2D eigenvalue weighted by molar-refractivity contribution is 0.373. The van der Waals surface area contributed by atoms with Gasteiger partial charge in [0.15, 0.2) is 16.6 Å². The summed E-state index contributed by atoms with van der Waals surface area (Å²) in [6.07, 6.45) is 2.27. The Bertz CT molecular complexity index is 708. The second-order valence-corrected chi connectivity index (χ2v) is 5.93. The van der Waals surface area contributed by atoms with Crippen LogP contribution in [-0.2, 0) is 0 Å². The SMILES string of the molecule is COc1ccc(-c2cc(=O)nc(N3CCCC3)s2)cc1O. The van der Waals surface area contributed by atoms with Gasteiger partial charge in [0.25, 0.3) is 5.56 Å². The van der Waals surface area contributed by atoms with Gasteiger partial charge in [-0.2, -0.15) is 4.98 Å². The van der Waals surface area contributed by atoms with Gasteiger partial charge in [-0.25, -0.2) is 0 Å². The van der Waals surface area contributed by atoms with E-state index in [4.69, 9.17) is 4.74 Å². The van der Waals surface area contributed by atoms with E-state index in [1.807, 2.05) is 6.07 Å². The van der Waals surface area contributed by atoms with Gasteiger partial charge in [0.2, 0.25) is 0 Å². The summed E-state index contributed by atoms with van der Waals surface area (Å²) in [6, 6.07) is 6.64. The molecule has 2 aromatic rings. The molecule has 21 heavy (non-hydrogen) atoms. The highest BCUT2D eigenvalue weighted by Crippen LogP contribution is 2.34. The van der Waals surface area contributed by atoms with Crippen molar-refractivity contribution in [2.45, 2.75) is 12.8 Å². The quantitative estimate of drug-likeness (QED) is 0.944. The predicted octanol–water partition coefficient (Wildman–Crippen LogP) is 2.48. The molecule has 6 heteroatoms. The van der Waals surface area contributed by atoms with Crippen LogP contribution >= 0.6 is 11.3 Å². The minimum absolute atomic E-state index is 0.0641. The van der Waals surface area contributed by atoms with E-state index in [2.05, 4.69) is 9.88 Å². The fraction of sp³-hybridized carbons (Fsp3) is 0.333. The van der Waals surface area contributed by atoms with E-state index in [1.165, 1.54) is 24.5 Å². The molecule has 1 aromatic heterocycles. The molecule has 0 saturated carbocycles. The molecule has 1 saturated heterocycles. The third-order valence-electron chi connectivity index (χ3n) is 3.50. The molecule has 0 spiro atoms. The van der Waals surface area contributed by atoms with Gasteiger partial charge < -0.3 is 14.7 Å². The Hall–Kier alpha value is -2.08. The van der Waals surface area contributed by atoms with E-state index in [0.717, 1.165) is 41.5 Å². The molecule has 0 radical (unpaired) electrons. The minimum Gasteiger partial charge on any atom is -0.504 e. The normalized spacial score (nSPS) is 14.4. The molecular weight excluding hydrogens is 288 g/mol. The molecule has 0 unspecified atom stereocenters. The molecule has 2 heterocycles. The minimum atomic E-state index is -0.249. The summed E-state index contributed by atoms with van der Waals surface area (Å²) < 4.78 is 5.04. The smallest absolute Gasteiger partial charge is 0.273 e. The van der Waals surface area contributed by atoms with Crippen LogP contribution in [0.15, 0.2) is 29.1 Å². The first-order valence-corrected chi connectivity index (χ1v) is 7.63. The second-order valence-electron chi connectivity index (χ2n) is 4.92. The van der Waals surface area contributed by atoms with Gasteiger partial charge in [-0.1, -0.05) is 11.3 Å². The van der Waals surface area contributed by atoms with Crippen molar-refractivity contribution in [1.29, 1.82) is 0 Å². The summed E-state index contributed by atoms with van der Waals surface area (Å²) in [5.41, 5.74) is 0.541. The standard InChI is InChI=1S/C15H16N2O3S/c1-20-12-5-4-10(8-11(12)18)13-9-14(19)16-15(21-13)17-6-2-3-7-17/h4-5,8-9,18H,2-3,6-7H2,1H3. The molecule has 0 atom stereocenters. The summed E-state index contributed by atoms with van der Waals surface area (Å²) in [6.45, 7) is 1.89. The molecular formula is C15H16N2O3S. The van der Waals surface area contributed by atoms with Crippen LogP contribution in [0.2, 0.25) is 0 Å². The van der Waals surface area contributed by atoms with Gasteiger partial charge in [-0.3, -0.25) is 4.79 Å². The maximum atomic E-state index is 11.8. The lowest BCUT2D eigenvalue weighted by Crippen LogP contribution is -2.20. The third kappa shape index (κ3) is 2.85.